The summed E-state index contributed by atoms with van der Waals surface area (Å²) < 4.78 is 5.24. The van der Waals surface area contributed by atoms with E-state index in [-0.39, 0.29) is 0 Å². The van der Waals surface area contributed by atoms with E-state index in [0.717, 1.165) is 5.56 Å². The van der Waals surface area contributed by atoms with Gasteiger partial charge in [-0.15, -0.1) is 0 Å². The van der Waals surface area contributed by atoms with E-state index < -0.39 is 11.6 Å². The minimum Gasteiger partial charge on any atom is -0.456 e. The van der Waals surface area contributed by atoms with Gasteiger partial charge >= 0.3 is 5.97 Å². The van der Waals surface area contributed by atoms with Crippen LogP contribution in [0.15, 0.2) is 18.2 Å². The maximum absolute atomic E-state index is 11.8. The summed E-state index contributed by atoms with van der Waals surface area (Å²) in [6.45, 7) is 5.80. The topological polar surface area (TPSA) is 52.3 Å². The maximum atomic E-state index is 11.8. The Hall–Kier alpha value is -1.06. The van der Waals surface area contributed by atoms with Crippen molar-refractivity contribution < 1.29 is 9.53 Å². The molecular weight excluding hydrogens is 226 g/mol. The van der Waals surface area contributed by atoms with Crippen LogP contribution in [0, 0.1) is 0 Å². The molecular formula is C12H16ClNO2. The van der Waals surface area contributed by atoms with E-state index >= 15 is 0 Å². The molecule has 2 N–H and O–H groups in total. The van der Waals surface area contributed by atoms with Gasteiger partial charge in [-0.05, 0) is 38.5 Å². The van der Waals surface area contributed by atoms with Crippen molar-refractivity contribution in [1.29, 1.82) is 0 Å². The number of esters is 1. The van der Waals surface area contributed by atoms with Gasteiger partial charge in [0.25, 0.3) is 0 Å². The molecule has 0 saturated carbocycles. The predicted octanol–water partition coefficient (Wildman–Crippen LogP) is 2.75. The molecule has 0 bridgehead atoms. The third kappa shape index (κ3) is 3.51. The second-order valence-electron chi connectivity index (χ2n) is 4.52. The first-order valence-corrected chi connectivity index (χ1v) is 5.43. The highest BCUT2D eigenvalue weighted by Gasteiger charge is 2.20. The van der Waals surface area contributed by atoms with E-state index in [1.807, 2.05) is 20.8 Å². The third-order valence-corrected chi connectivity index (χ3v) is 2.21. The van der Waals surface area contributed by atoms with Crippen molar-refractivity contribution in [2.24, 2.45) is 5.73 Å². The number of carbonyl (C=O) groups excluding carboxylic acids is 1. The van der Waals surface area contributed by atoms with Crippen LogP contribution in [0.1, 0.15) is 36.7 Å². The number of benzene rings is 1. The Morgan fingerprint density at radius 3 is 2.56 bits per heavy atom. The van der Waals surface area contributed by atoms with Crippen LogP contribution in [-0.4, -0.2) is 11.6 Å². The average Bonchev–Trinajstić information content (AvgIpc) is 2.15. The summed E-state index contributed by atoms with van der Waals surface area (Å²) in [6, 6.07) is 5.11. The molecule has 0 radical (unpaired) electrons. The fourth-order valence-corrected chi connectivity index (χ4v) is 1.38. The van der Waals surface area contributed by atoms with Gasteiger partial charge in [0.2, 0.25) is 0 Å². The molecule has 1 aromatic rings. The highest BCUT2D eigenvalue weighted by molar-refractivity contribution is 6.33. The first-order chi connectivity index (χ1) is 7.33. The smallest absolute Gasteiger partial charge is 0.340 e. The average molecular weight is 242 g/mol. The SMILES string of the molecule is CC(C)(C)OC(=O)c1cc(CN)ccc1Cl. The number of ether oxygens (including phenoxy) is 1. The second-order valence-corrected chi connectivity index (χ2v) is 4.93. The first kappa shape index (κ1) is 13.0. The lowest BCUT2D eigenvalue weighted by atomic mass is 10.1. The van der Waals surface area contributed by atoms with Crippen LogP contribution < -0.4 is 5.73 Å². The lowest BCUT2D eigenvalue weighted by molar-refractivity contribution is 0.00696. The van der Waals surface area contributed by atoms with Crippen molar-refractivity contribution in [2.45, 2.75) is 32.9 Å². The van der Waals surface area contributed by atoms with Gasteiger partial charge in [-0.2, -0.15) is 0 Å². The summed E-state index contributed by atoms with van der Waals surface area (Å²) in [7, 11) is 0. The standard InChI is InChI=1S/C12H16ClNO2/c1-12(2,3)16-11(15)9-6-8(7-14)4-5-10(9)13/h4-6H,7,14H2,1-3H3. The summed E-state index contributed by atoms with van der Waals surface area (Å²) >= 11 is 5.94. The van der Waals surface area contributed by atoms with Crippen LogP contribution in [0.5, 0.6) is 0 Å². The summed E-state index contributed by atoms with van der Waals surface area (Å²) in [4.78, 5) is 11.8. The van der Waals surface area contributed by atoms with Crippen molar-refractivity contribution in [2.75, 3.05) is 0 Å². The van der Waals surface area contributed by atoms with Crippen molar-refractivity contribution in [3.63, 3.8) is 0 Å². The van der Waals surface area contributed by atoms with Gasteiger partial charge in [0.05, 0.1) is 10.6 Å². The number of halogens is 1. The molecule has 3 nitrogen and oxygen atoms in total. The molecule has 0 saturated heterocycles. The minimum atomic E-state index is -0.529. The quantitative estimate of drug-likeness (QED) is 0.810. The molecule has 0 spiro atoms. The van der Waals surface area contributed by atoms with E-state index in [9.17, 15) is 4.79 Å². The Kier molecular flexibility index (Phi) is 3.94. The van der Waals surface area contributed by atoms with Crippen LogP contribution in [0.25, 0.3) is 0 Å². The zero-order chi connectivity index (χ0) is 12.3. The molecule has 4 heteroatoms. The van der Waals surface area contributed by atoms with Crippen molar-refractivity contribution >= 4 is 17.6 Å². The summed E-state index contributed by atoms with van der Waals surface area (Å²) in [5.74, 6) is -0.423. The molecule has 16 heavy (non-hydrogen) atoms. The Labute approximate surface area is 101 Å². The zero-order valence-corrected chi connectivity index (χ0v) is 10.5. The molecule has 0 amide bonds. The van der Waals surface area contributed by atoms with E-state index in [1.165, 1.54) is 0 Å². The van der Waals surface area contributed by atoms with E-state index in [0.29, 0.717) is 17.1 Å². The molecule has 0 aromatic heterocycles. The molecule has 0 aliphatic heterocycles. The lowest BCUT2D eigenvalue weighted by Gasteiger charge is -2.20. The molecule has 1 rings (SSSR count). The Morgan fingerprint density at radius 2 is 2.06 bits per heavy atom. The summed E-state index contributed by atoms with van der Waals surface area (Å²) in [5, 5.41) is 0.381. The van der Waals surface area contributed by atoms with Crippen molar-refractivity contribution in [3.8, 4) is 0 Å². The number of hydrogen-bond acceptors (Lipinski definition) is 3. The molecule has 88 valence electrons. The highest BCUT2D eigenvalue weighted by atomic mass is 35.5. The lowest BCUT2D eigenvalue weighted by Crippen LogP contribution is -2.24. The van der Waals surface area contributed by atoms with E-state index in [2.05, 4.69) is 0 Å². The van der Waals surface area contributed by atoms with Gasteiger partial charge in [-0.1, -0.05) is 17.7 Å². The van der Waals surface area contributed by atoms with Crippen LogP contribution >= 0.6 is 11.6 Å². The fourth-order valence-electron chi connectivity index (χ4n) is 1.19. The predicted molar refractivity (Wildman–Crippen MR) is 64.5 cm³/mol. The van der Waals surface area contributed by atoms with Crippen LogP contribution in [0.4, 0.5) is 0 Å². The highest BCUT2D eigenvalue weighted by Crippen LogP contribution is 2.21. The molecule has 0 aliphatic carbocycles. The minimum absolute atomic E-state index is 0.361. The van der Waals surface area contributed by atoms with E-state index in [4.69, 9.17) is 22.1 Å². The molecule has 0 unspecified atom stereocenters. The molecule has 0 heterocycles. The largest absolute Gasteiger partial charge is 0.456 e. The third-order valence-electron chi connectivity index (χ3n) is 1.89. The molecule has 0 fully saturated rings. The van der Waals surface area contributed by atoms with Gasteiger partial charge in [0, 0.05) is 6.54 Å². The van der Waals surface area contributed by atoms with Crippen LogP contribution in [0.3, 0.4) is 0 Å². The molecule has 1 aromatic carbocycles. The normalized spacial score (nSPS) is 11.3. The van der Waals surface area contributed by atoms with E-state index in [1.54, 1.807) is 18.2 Å². The first-order valence-electron chi connectivity index (χ1n) is 5.05. The van der Waals surface area contributed by atoms with Crippen molar-refractivity contribution in [1.82, 2.24) is 0 Å². The van der Waals surface area contributed by atoms with Gasteiger partial charge in [0.1, 0.15) is 5.60 Å². The van der Waals surface area contributed by atoms with Crippen molar-refractivity contribution in [3.05, 3.63) is 34.3 Å². The molecule has 0 aliphatic rings. The number of carbonyl (C=O) groups is 1. The van der Waals surface area contributed by atoms with Crippen LogP contribution in [0.2, 0.25) is 5.02 Å². The number of rotatable bonds is 2. The monoisotopic (exact) mass is 241 g/mol. The second kappa shape index (κ2) is 4.85. The number of nitrogens with two attached hydrogens (primary N) is 1. The fraction of sp³-hybridized carbons (Fsp3) is 0.417. The van der Waals surface area contributed by atoms with Gasteiger partial charge in [-0.25, -0.2) is 4.79 Å². The Balaban J connectivity index is 2.98. The van der Waals surface area contributed by atoms with Gasteiger partial charge in [-0.3, -0.25) is 0 Å². The number of hydrogen-bond donors (Lipinski definition) is 1. The maximum Gasteiger partial charge on any atom is 0.340 e. The Bertz CT molecular complexity index is 396. The summed E-state index contributed by atoms with van der Waals surface area (Å²) in [5.41, 5.74) is 6.19. The Morgan fingerprint density at radius 1 is 1.44 bits per heavy atom. The zero-order valence-electron chi connectivity index (χ0n) is 9.71. The van der Waals surface area contributed by atoms with Gasteiger partial charge < -0.3 is 10.5 Å². The molecule has 0 atom stereocenters. The van der Waals surface area contributed by atoms with Crippen LogP contribution in [-0.2, 0) is 11.3 Å². The summed E-state index contributed by atoms with van der Waals surface area (Å²) in [6.07, 6.45) is 0. The van der Waals surface area contributed by atoms with Gasteiger partial charge in [0.15, 0.2) is 0 Å².